The highest BCUT2D eigenvalue weighted by atomic mass is 19.4. The van der Waals surface area contributed by atoms with Crippen LogP contribution in [0.3, 0.4) is 0 Å². The predicted molar refractivity (Wildman–Crippen MR) is 60.0 cm³/mol. The summed E-state index contributed by atoms with van der Waals surface area (Å²) in [6.45, 7) is 3.45. The third kappa shape index (κ3) is 3.94. The quantitative estimate of drug-likeness (QED) is 0.904. The molecule has 1 rings (SSSR count). The van der Waals surface area contributed by atoms with E-state index in [1.165, 1.54) is 12.1 Å². The monoisotopic (exact) mass is 261 g/mol. The van der Waals surface area contributed by atoms with E-state index in [4.69, 9.17) is 0 Å². The van der Waals surface area contributed by atoms with Crippen LogP contribution in [0.2, 0.25) is 0 Å². The summed E-state index contributed by atoms with van der Waals surface area (Å²) in [6.07, 6.45) is -5.04. The van der Waals surface area contributed by atoms with Crippen molar-refractivity contribution in [1.29, 1.82) is 0 Å². The molecular formula is C12H14F3NO2. The zero-order valence-electron chi connectivity index (χ0n) is 10.0. The number of hydrogen-bond donors (Lipinski definition) is 1. The molecule has 0 saturated heterocycles. The number of halogens is 3. The first-order valence-corrected chi connectivity index (χ1v) is 5.45. The lowest BCUT2D eigenvalue weighted by atomic mass is 10.1. The lowest BCUT2D eigenvalue weighted by Gasteiger charge is -2.15. The number of carbonyl (C=O) groups is 1. The van der Waals surface area contributed by atoms with Gasteiger partial charge >= 0.3 is 12.3 Å². The van der Waals surface area contributed by atoms with Gasteiger partial charge in [0.25, 0.3) is 0 Å². The van der Waals surface area contributed by atoms with Gasteiger partial charge in [-0.05, 0) is 31.5 Å². The molecule has 1 aromatic rings. The Kier molecular flexibility index (Phi) is 4.58. The average molecular weight is 261 g/mol. The van der Waals surface area contributed by atoms with Crippen LogP contribution < -0.4 is 5.32 Å². The van der Waals surface area contributed by atoms with Gasteiger partial charge < -0.3 is 10.1 Å². The summed E-state index contributed by atoms with van der Waals surface area (Å²) in [5.41, 5.74) is -0.365. The van der Waals surface area contributed by atoms with E-state index in [9.17, 15) is 18.0 Å². The molecule has 0 fully saturated rings. The van der Waals surface area contributed by atoms with Crippen LogP contribution in [0.25, 0.3) is 0 Å². The summed E-state index contributed by atoms with van der Waals surface area (Å²) in [6, 6.07) is 4.27. The fourth-order valence-electron chi connectivity index (χ4n) is 1.42. The highest BCUT2D eigenvalue weighted by molar-refractivity contribution is 5.67. The number of carbonyl (C=O) groups excluding carboxylic acids is 1. The molecule has 1 unspecified atom stereocenters. The molecule has 0 aliphatic carbocycles. The van der Waals surface area contributed by atoms with Gasteiger partial charge in [-0.3, -0.25) is 0 Å². The molecule has 6 heteroatoms. The Labute approximate surface area is 103 Å². The average Bonchev–Trinajstić information content (AvgIpc) is 2.28. The molecular weight excluding hydrogens is 247 g/mol. The first-order chi connectivity index (χ1) is 8.34. The SMILES string of the molecule is CCOC(=O)NC(C)c1cccc(C(F)(F)F)c1. The molecule has 1 N–H and O–H groups in total. The van der Waals surface area contributed by atoms with Crippen LogP contribution in [-0.2, 0) is 10.9 Å². The molecule has 0 bridgehead atoms. The largest absolute Gasteiger partial charge is 0.450 e. The summed E-state index contributed by atoms with van der Waals surface area (Å²) < 4.78 is 42.2. The first-order valence-electron chi connectivity index (χ1n) is 5.45. The summed E-state index contributed by atoms with van der Waals surface area (Å²) >= 11 is 0. The van der Waals surface area contributed by atoms with Crippen LogP contribution in [0.15, 0.2) is 24.3 Å². The van der Waals surface area contributed by atoms with Crippen molar-refractivity contribution in [2.75, 3.05) is 6.61 Å². The molecule has 0 aliphatic rings. The molecule has 1 atom stereocenters. The molecule has 0 heterocycles. The molecule has 0 aromatic heterocycles. The minimum atomic E-state index is -4.39. The van der Waals surface area contributed by atoms with E-state index in [1.54, 1.807) is 13.8 Å². The van der Waals surface area contributed by atoms with E-state index >= 15 is 0 Å². The van der Waals surface area contributed by atoms with Crippen molar-refractivity contribution in [2.24, 2.45) is 0 Å². The summed E-state index contributed by atoms with van der Waals surface area (Å²) in [5, 5.41) is 2.45. The summed E-state index contributed by atoms with van der Waals surface area (Å²) in [5.74, 6) is 0. The maximum Gasteiger partial charge on any atom is 0.416 e. The van der Waals surface area contributed by atoms with E-state index in [2.05, 4.69) is 10.1 Å². The summed E-state index contributed by atoms with van der Waals surface area (Å²) in [4.78, 5) is 11.2. The van der Waals surface area contributed by atoms with Crippen LogP contribution >= 0.6 is 0 Å². The zero-order chi connectivity index (χ0) is 13.8. The van der Waals surface area contributed by atoms with Crippen molar-refractivity contribution in [2.45, 2.75) is 26.1 Å². The summed E-state index contributed by atoms with van der Waals surface area (Å²) in [7, 11) is 0. The van der Waals surface area contributed by atoms with Gasteiger partial charge in [0, 0.05) is 0 Å². The van der Waals surface area contributed by atoms with Gasteiger partial charge in [-0.15, -0.1) is 0 Å². The highest BCUT2D eigenvalue weighted by Gasteiger charge is 2.30. The van der Waals surface area contributed by atoms with Crippen LogP contribution in [0, 0.1) is 0 Å². The molecule has 0 saturated carbocycles. The normalized spacial score (nSPS) is 12.9. The third-order valence-corrected chi connectivity index (χ3v) is 2.32. The molecule has 0 radical (unpaired) electrons. The Hall–Kier alpha value is -1.72. The number of amides is 1. The van der Waals surface area contributed by atoms with Crippen molar-refractivity contribution >= 4 is 6.09 Å². The number of ether oxygens (including phenoxy) is 1. The molecule has 0 spiro atoms. The highest BCUT2D eigenvalue weighted by Crippen LogP contribution is 2.30. The first kappa shape index (κ1) is 14.3. The lowest BCUT2D eigenvalue weighted by Crippen LogP contribution is -2.27. The number of nitrogens with one attached hydrogen (secondary N) is 1. The topological polar surface area (TPSA) is 38.3 Å². The number of alkyl halides is 3. The molecule has 0 aliphatic heterocycles. The molecule has 100 valence electrons. The van der Waals surface area contributed by atoms with Gasteiger partial charge in [0.05, 0.1) is 18.2 Å². The Morgan fingerprint density at radius 3 is 2.67 bits per heavy atom. The van der Waals surface area contributed by atoms with Gasteiger partial charge in [0.1, 0.15) is 0 Å². The van der Waals surface area contributed by atoms with Crippen LogP contribution in [-0.4, -0.2) is 12.7 Å². The maximum absolute atomic E-state index is 12.5. The maximum atomic E-state index is 12.5. The Bertz CT molecular complexity index is 418. The second-order valence-electron chi connectivity index (χ2n) is 3.71. The predicted octanol–water partition coefficient (Wildman–Crippen LogP) is 3.51. The van der Waals surface area contributed by atoms with E-state index in [1.807, 2.05) is 0 Å². The van der Waals surface area contributed by atoms with E-state index in [-0.39, 0.29) is 6.61 Å². The van der Waals surface area contributed by atoms with Gasteiger partial charge in [0.2, 0.25) is 0 Å². The van der Waals surface area contributed by atoms with Gasteiger partial charge in [0.15, 0.2) is 0 Å². The van der Waals surface area contributed by atoms with E-state index < -0.39 is 23.9 Å². The second kappa shape index (κ2) is 5.75. The van der Waals surface area contributed by atoms with E-state index in [0.717, 1.165) is 12.1 Å². The van der Waals surface area contributed by atoms with Crippen LogP contribution in [0.1, 0.15) is 31.0 Å². The van der Waals surface area contributed by atoms with Crippen molar-refractivity contribution in [3.05, 3.63) is 35.4 Å². The standard InChI is InChI=1S/C12H14F3NO2/c1-3-18-11(17)16-8(2)9-5-4-6-10(7-9)12(13,14)15/h4-8H,3H2,1-2H3,(H,16,17). The van der Waals surface area contributed by atoms with Crippen LogP contribution in [0.4, 0.5) is 18.0 Å². The van der Waals surface area contributed by atoms with Crippen molar-refractivity contribution in [1.82, 2.24) is 5.32 Å². The zero-order valence-corrected chi connectivity index (χ0v) is 10.0. The fraction of sp³-hybridized carbons (Fsp3) is 0.417. The Morgan fingerprint density at radius 1 is 1.44 bits per heavy atom. The third-order valence-electron chi connectivity index (χ3n) is 2.32. The van der Waals surface area contributed by atoms with Crippen molar-refractivity contribution in [3.8, 4) is 0 Å². The van der Waals surface area contributed by atoms with Gasteiger partial charge in [-0.1, -0.05) is 12.1 Å². The Morgan fingerprint density at radius 2 is 2.11 bits per heavy atom. The smallest absolute Gasteiger partial charge is 0.416 e. The second-order valence-corrected chi connectivity index (χ2v) is 3.71. The van der Waals surface area contributed by atoms with Crippen LogP contribution in [0.5, 0.6) is 0 Å². The van der Waals surface area contributed by atoms with Crippen molar-refractivity contribution < 1.29 is 22.7 Å². The molecule has 3 nitrogen and oxygen atoms in total. The van der Waals surface area contributed by atoms with Crippen molar-refractivity contribution in [3.63, 3.8) is 0 Å². The number of rotatable bonds is 3. The van der Waals surface area contributed by atoms with Gasteiger partial charge in [-0.25, -0.2) is 4.79 Å². The number of alkyl carbamates (subject to hydrolysis) is 1. The minimum absolute atomic E-state index is 0.209. The van der Waals surface area contributed by atoms with Gasteiger partial charge in [-0.2, -0.15) is 13.2 Å². The number of benzene rings is 1. The Balaban J connectivity index is 2.80. The molecule has 1 amide bonds. The van der Waals surface area contributed by atoms with E-state index in [0.29, 0.717) is 5.56 Å². The molecule has 1 aromatic carbocycles. The number of hydrogen-bond acceptors (Lipinski definition) is 2. The lowest BCUT2D eigenvalue weighted by molar-refractivity contribution is -0.137. The minimum Gasteiger partial charge on any atom is -0.450 e. The fourth-order valence-corrected chi connectivity index (χ4v) is 1.42. The molecule has 18 heavy (non-hydrogen) atoms.